The highest BCUT2D eigenvalue weighted by molar-refractivity contribution is 6.32. The summed E-state index contributed by atoms with van der Waals surface area (Å²) in [6.45, 7) is 10.0. The van der Waals surface area contributed by atoms with Crippen molar-refractivity contribution >= 4 is 46.7 Å². The highest BCUT2D eigenvalue weighted by Gasteiger charge is 2.19. The van der Waals surface area contributed by atoms with Gasteiger partial charge < -0.3 is 20.7 Å². The van der Waals surface area contributed by atoms with E-state index in [9.17, 15) is 9.59 Å². The smallest absolute Gasteiger partial charge is 0.257 e. The summed E-state index contributed by atoms with van der Waals surface area (Å²) in [5, 5.41) is 14.9. The number of carbonyl (C=O) groups excluding carboxylic acids is 2. The average molecular weight is 487 g/mol. The molecule has 6 N–H and O–H groups in total. The summed E-state index contributed by atoms with van der Waals surface area (Å²) in [6.07, 6.45) is 0. The van der Waals surface area contributed by atoms with Crippen molar-refractivity contribution in [1.29, 1.82) is 0 Å². The lowest BCUT2D eigenvalue weighted by Crippen LogP contribution is -2.31. The minimum atomic E-state index is -0.179. The van der Waals surface area contributed by atoms with Gasteiger partial charge in [-0.2, -0.15) is 0 Å². The summed E-state index contributed by atoms with van der Waals surface area (Å²) in [5.41, 5.74) is 5.27. The molecule has 0 spiro atoms. The van der Waals surface area contributed by atoms with Crippen LogP contribution < -0.4 is 22.5 Å². The predicted octanol–water partition coefficient (Wildman–Crippen LogP) is 1.80. The molecule has 32 heavy (non-hydrogen) atoms. The van der Waals surface area contributed by atoms with Crippen LogP contribution in [0.3, 0.4) is 0 Å². The zero-order valence-electron chi connectivity index (χ0n) is 18.4. The second-order valence-corrected chi connectivity index (χ2v) is 6.85. The molecule has 0 saturated heterocycles. The first-order valence-corrected chi connectivity index (χ1v) is 10.6. The Morgan fingerprint density at radius 1 is 0.812 bits per heavy atom. The van der Waals surface area contributed by atoms with Gasteiger partial charge in [0, 0.05) is 26.2 Å². The van der Waals surface area contributed by atoms with E-state index in [1.165, 1.54) is 12.1 Å². The Labute approximate surface area is 196 Å². The van der Waals surface area contributed by atoms with Gasteiger partial charge in [0.05, 0.1) is 11.1 Å². The van der Waals surface area contributed by atoms with Gasteiger partial charge in [-0.25, -0.2) is 11.7 Å². The van der Waals surface area contributed by atoms with Crippen LogP contribution in [-0.2, 0) is 0 Å². The number of aromatic nitrogens is 4. The third-order valence-electron chi connectivity index (χ3n) is 4.36. The maximum atomic E-state index is 12.0. The monoisotopic (exact) mass is 486 g/mol. The molecule has 0 radical (unpaired) electrons. The van der Waals surface area contributed by atoms with Gasteiger partial charge in [0.15, 0.2) is 21.9 Å². The van der Waals surface area contributed by atoms with Gasteiger partial charge >= 0.3 is 0 Å². The zero-order valence-corrected chi connectivity index (χ0v) is 19.9. The summed E-state index contributed by atoms with van der Waals surface area (Å²) in [5.74, 6) is 10.6. The van der Waals surface area contributed by atoms with Crippen LogP contribution in [0, 0.1) is 0 Å². The number of hydrogen-bond donors (Lipinski definition) is 4. The van der Waals surface area contributed by atoms with Crippen LogP contribution in [-0.4, -0.2) is 68.2 Å². The molecule has 0 aliphatic carbocycles. The Morgan fingerprint density at radius 2 is 1.34 bits per heavy atom. The molecule has 0 unspecified atom stereocenters. The Kier molecular flexibility index (Phi) is 11.6. The highest BCUT2D eigenvalue weighted by atomic mass is 35.5. The number of rotatable bonds is 8. The summed E-state index contributed by atoms with van der Waals surface area (Å²) >= 11 is 11.5. The maximum absolute atomic E-state index is 12.0. The SMILES string of the molecule is CCN(CC)C(=O)c1cc(Cl)nnc1NN.CCN(CC)C(=O)c1cc(NN)nnc1Cl. The van der Waals surface area contributed by atoms with E-state index in [2.05, 4.69) is 31.2 Å². The van der Waals surface area contributed by atoms with Crippen LogP contribution >= 0.6 is 23.2 Å². The molecule has 0 saturated carbocycles. The van der Waals surface area contributed by atoms with Gasteiger partial charge in [-0.3, -0.25) is 9.59 Å². The minimum absolute atomic E-state index is 0.0795. The normalized spacial score (nSPS) is 10.0. The molecule has 0 bridgehead atoms. The molecule has 2 amide bonds. The zero-order chi connectivity index (χ0) is 24.3. The lowest BCUT2D eigenvalue weighted by atomic mass is 10.2. The van der Waals surface area contributed by atoms with Crippen molar-refractivity contribution < 1.29 is 9.59 Å². The highest BCUT2D eigenvalue weighted by Crippen LogP contribution is 2.17. The molecule has 0 fully saturated rings. The predicted molar refractivity (Wildman–Crippen MR) is 124 cm³/mol. The van der Waals surface area contributed by atoms with E-state index in [-0.39, 0.29) is 27.9 Å². The third kappa shape index (κ3) is 7.12. The number of nitrogen functional groups attached to an aromatic ring is 2. The Hall–Kier alpha value is -2.80. The first-order valence-electron chi connectivity index (χ1n) is 9.85. The van der Waals surface area contributed by atoms with Crippen LogP contribution in [0.2, 0.25) is 10.3 Å². The lowest BCUT2D eigenvalue weighted by Gasteiger charge is -2.19. The van der Waals surface area contributed by atoms with Gasteiger partial charge in [-0.1, -0.05) is 23.2 Å². The number of hydrazine groups is 2. The molecule has 176 valence electrons. The number of halogens is 2. The number of hydrogen-bond acceptors (Lipinski definition) is 10. The van der Waals surface area contributed by atoms with Gasteiger partial charge in [0.1, 0.15) is 0 Å². The second-order valence-electron chi connectivity index (χ2n) is 6.11. The van der Waals surface area contributed by atoms with E-state index in [0.717, 1.165) is 0 Å². The molecule has 0 aliphatic heterocycles. The molecule has 12 nitrogen and oxygen atoms in total. The van der Waals surface area contributed by atoms with Gasteiger partial charge in [-0.15, -0.1) is 20.4 Å². The van der Waals surface area contributed by atoms with Crippen LogP contribution in [0.5, 0.6) is 0 Å². The van der Waals surface area contributed by atoms with E-state index >= 15 is 0 Å². The number of nitrogens with one attached hydrogen (secondary N) is 2. The Bertz CT molecular complexity index is 907. The number of anilines is 2. The molecule has 2 rings (SSSR count). The minimum Gasteiger partial charge on any atom is -0.339 e. The number of nitrogens with zero attached hydrogens (tertiary/aromatic N) is 6. The molecule has 2 heterocycles. The maximum Gasteiger partial charge on any atom is 0.257 e. The van der Waals surface area contributed by atoms with Crippen LogP contribution in [0.25, 0.3) is 0 Å². The van der Waals surface area contributed by atoms with Gasteiger partial charge in [0.25, 0.3) is 11.8 Å². The van der Waals surface area contributed by atoms with Crippen molar-refractivity contribution in [3.63, 3.8) is 0 Å². The average Bonchev–Trinajstić information content (AvgIpc) is 2.81. The summed E-state index contributed by atoms with van der Waals surface area (Å²) in [7, 11) is 0. The summed E-state index contributed by atoms with van der Waals surface area (Å²) in [6, 6.07) is 2.93. The van der Waals surface area contributed by atoms with Crippen molar-refractivity contribution in [2.45, 2.75) is 27.7 Å². The van der Waals surface area contributed by atoms with Crippen LogP contribution in [0.1, 0.15) is 48.4 Å². The van der Waals surface area contributed by atoms with Crippen LogP contribution in [0.4, 0.5) is 11.6 Å². The number of amides is 2. The van der Waals surface area contributed by atoms with E-state index in [0.29, 0.717) is 43.1 Å². The van der Waals surface area contributed by atoms with Crippen molar-refractivity contribution in [3.05, 3.63) is 33.6 Å². The molecular weight excluding hydrogens is 459 g/mol. The molecule has 2 aromatic heterocycles. The molecule has 14 heteroatoms. The third-order valence-corrected chi connectivity index (χ3v) is 4.82. The standard InChI is InChI=1S/2C9H14ClN5O/c1-3-15(4-2)9(16)6-5-7(12-11)13-14-8(6)10;1-3-15(4-2)9(16)6-5-7(10)13-14-8(6)12-11/h5H,3-4,11H2,1-2H3,(H,12,13);5H,3-4,11H2,1-2H3,(H,12,14). The van der Waals surface area contributed by atoms with Crippen LogP contribution in [0.15, 0.2) is 12.1 Å². The summed E-state index contributed by atoms with van der Waals surface area (Å²) < 4.78 is 0. The first-order chi connectivity index (χ1) is 15.3. The first kappa shape index (κ1) is 27.2. The van der Waals surface area contributed by atoms with Crippen molar-refractivity contribution in [2.24, 2.45) is 11.7 Å². The lowest BCUT2D eigenvalue weighted by molar-refractivity contribution is 0.0765. The second kappa shape index (κ2) is 13.6. The fraction of sp³-hybridized carbons (Fsp3) is 0.444. The molecule has 0 atom stereocenters. The fourth-order valence-corrected chi connectivity index (χ4v) is 2.92. The van der Waals surface area contributed by atoms with E-state index in [1.807, 2.05) is 27.7 Å². The molecular formula is C18H28Cl2N10O2. The fourth-order valence-electron chi connectivity index (χ4n) is 2.60. The number of carbonyl (C=O) groups is 2. The van der Waals surface area contributed by atoms with E-state index in [4.69, 9.17) is 34.9 Å². The largest absolute Gasteiger partial charge is 0.339 e. The Balaban J connectivity index is 0.000000320. The van der Waals surface area contributed by atoms with E-state index < -0.39 is 0 Å². The quantitative estimate of drug-likeness (QED) is 0.318. The topological polar surface area (TPSA) is 168 Å². The molecule has 2 aromatic rings. The summed E-state index contributed by atoms with van der Waals surface area (Å²) in [4.78, 5) is 27.3. The van der Waals surface area contributed by atoms with E-state index in [1.54, 1.807) is 9.80 Å². The van der Waals surface area contributed by atoms with Crippen molar-refractivity contribution in [2.75, 3.05) is 37.0 Å². The molecule has 0 aliphatic rings. The van der Waals surface area contributed by atoms with Gasteiger partial charge in [-0.05, 0) is 39.8 Å². The van der Waals surface area contributed by atoms with Crippen molar-refractivity contribution in [3.8, 4) is 0 Å². The van der Waals surface area contributed by atoms with Crippen molar-refractivity contribution in [1.82, 2.24) is 30.2 Å². The number of nitrogens with two attached hydrogens (primary N) is 2. The molecule has 0 aromatic carbocycles. The Morgan fingerprint density at radius 3 is 1.81 bits per heavy atom. The van der Waals surface area contributed by atoms with Gasteiger partial charge in [0.2, 0.25) is 0 Å².